The van der Waals surface area contributed by atoms with E-state index < -0.39 is 11.9 Å². The largest absolute Gasteiger partial charge is 0.481 e. The Kier molecular flexibility index (Phi) is 5.74. The van der Waals surface area contributed by atoms with Crippen molar-refractivity contribution >= 4 is 28.6 Å². The average Bonchev–Trinajstić information content (AvgIpc) is 3.49. The third kappa shape index (κ3) is 4.84. The van der Waals surface area contributed by atoms with Gasteiger partial charge in [0.25, 0.3) is 0 Å². The van der Waals surface area contributed by atoms with Gasteiger partial charge in [-0.05, 0) is 29.2 Å². The number of carbonyl (C=O) groups excluding carboxylic acids is 2. The van der Waals surface area contributed by atoms with Gasteiger partial charge in [-0.2, -0.15) is 0 Å². The highest BCUT2D eigenvalue weighted by molar-refractivity contribution is 5.91. The summed E-state index contributed by atoms with van der Waals surface area (Å²) in [5.74, 6) is -1.99. The Balaban J connectivity index is 1.57. The van der Waals surface area contributed by atoms with Crippen LogP contribution in [0.5, 0.6) is 0 Å². The summed E-state index contributed by atoms with van der Waals surface area (Å²) >= 11 is 0. The molecule has 0 spiro atoms. The van der Waals surface area contributed by atoms with Crippen molar-refractivity contribution in [1.82, 2.24) is 10.2 Å². The molecule has 27 heavy (non-hydrogen) atoms. The van der Waals surface area contributed by atoms with Crippen molar-refractivity contribution in [1.29, 1.82) is 0 Å². The molecule has 0 aliphatic heterocycles. The number of fused-ring (bicyclic) bond motifs is 1. The molecule has 2 aromatic carbocycles. The van der Waals surface area contributed by atoms with Crippen LogP contribution in [0.25, 0.3) is 10.8 Å². The number of hydrogen-bond donors (Lipinski definition) is 2. The van der Waals surface area contributed by atoms with Gasteiger partial charge in [-0.15, -0.1) is 0 Å². The van der Waals surface area contributed by atoms with Crippen LogP contribution in [0.4, 0.5) is 0 Å². The minimum absolute atomic E-state index is 0.105. The SMILES string of the molecule is CC(CN(C(=O)CNC(=O)Cc1cccc2ccccc12)C1CC1)C(=O)O. The number of hydrogen-bond acceptors (Lipinski definition) is 3. The normalized spacial score (nSPS) is 14.6. The molecule has 2 aromatic rings. The van der Waals surface area contributed by atoms with Crippen LogP contribution in [0.2, 0.25) is 0 Å². The van der Waals surface area contributed by atoms with E-state index in [0.717, 1.165) is 29.2 Å². The van der Waals surface area contributed by atoms with Gasteiger partial charge in [-0.1, -0.05) is 49.4 Å². The highest BCUT2D eigenvalue weighted by Gasteiger charge is 2.34. The number of carbonyl (C=O) groups is 3. The number of carboxylic acid groups (broad SMARTS) is 1. The van der Waals surface area contributed by atoms with Gasteiger partial charge in [0.2, 0.25) is 11.8 Å². The first kappa shape index (κ1) is 18.9. The second kappa shape index (κ2) is 8.20. The van der Waals surface area contributed by atoms with Crippen molar-refractivity contribution in [2.75, 3.05) is 13.1 Å². The maximum atomic E-state index is 12.5. The molecule has 3 rings (SSSR count). The zero-order valence-corrected chi connectivity index (χ0v) is 15.4. The van der Waals surface area contributed by atoms with Crippen molar-refractivity contribution in [3.05, 3.63) is 48.0 Å². The first-order valence-corrected chi connectivity index (χ1v) is 9.21. The quantitative estimate of drug-likeness (QED) is 0.748. The van der Waals surface area contributed by atoms with Crippen molar-refractivity contribution < 1.29 is 19.5 Å². The number of carboxylic acids is 1. The first-order valence-electron chi connectivity index (χ1n) is 9.21. The minimum atomic E-state index is -0.923. The van der Waals surface area contributed by atoms with Crippen LogP contribution < -0.4 is 5.32 Å². The Bertz CT molecular complexity index is 855. The van der Waals surface area contributed by atoms with Gasteiger partial charge in [0.15, 0.2) is 0 Å². The van der Waals surface area contributed by atoms with Crippen molar-refractivity contribution in [2.45, 2.75) is 32.2 Å². The second-order valence-corrected chi connectivity index (χ2v) is 7.11. The first-order chi connectivity index (χ1) is 13.0. The van der Waals surface area contributed by atoms with E-state index in [1.165, 1.54) is 0 Å². The Labute approximate surface area is 158 Å². The predicted molar refractivity (Wildman–Crippen MR) is 102 cm³/mol. The lowest BCUT2D eigenvalue weighted by atomic mass is 10.0. The van der Waals surface area contributed by atoms with E-state index >= 15 is 0 Å². The van der Waals surface area contributed by atoms with Gasteiger partial charge in [0.05, 0.1) is 18.9 Å². The van der Waals surface area contributed by atoms with Crippen molar-refractivity contribution in [2.24, 2.45) is 5.92 Å². The standard InChI is InChI=1S/C21H24N2O4/c1-14(21(26)27)13-23(17-9-10-17)20(25)12-22-19(24)11-16-7-4-6-15-5-2-3-8-18(15)16/h2-8,14,17H,9-13H2,1H3,(H,22,24)(H,26,27). The summed E-state index contributed by atoms with van der Waals surface area (Å²) in [7, 11) is 0. The number of benzene rings is 2. The summed E-state index contributed by atoms with van der Waals surface area (Å²) in [6.07, 6.45) is 1.98. The van der Waals surface area contributed by atoms with E-state index in [9.17, 15) is 14.4 Å². The molecule has 1 atom stereocenters. The lowest BCUT2D eigenvalue weighted by Crippen LogP contribution is -2.44. The van der Waals surface area contributed by atoms with E-state index in [1.807, 2.05) is 42.5 Å². The molecule has 0 heterocycles. The molecule has 0 radical (unpaired) electrons. The van der Waals surface area contributed by atoms with Gasteiger partial charge >= 0.3 is 5.97 Å². The molecular weight excluding hydrogens is 344 g/mol. The molecule has 0 bridgehead atoms. The molecule has 1 saturated carbocycles. The average molecular weight is 368 g/mol. The van der Waals surface area contributed by atoms with Gasteiger partial charge in [0, 0.05) is 12.6 Å². The maximum Gasteiger partial charge on any atom is 0.308 e. The Morgan fingerprint density at radius 1 is 1.15 bits per heavy atom. The van der Waals surface area contributed by atoms with Crippen LogP contribution in [0.15, 0.2) is 42.5 Å². The number of rotatable bonds is 8. The fourth-order valence-corrected chi connectivity index (χ4v) is 3.17. The third-order valence-electron chi connectivity index (χ3n) is 4.87. The Hall–Kier alpha value is -2.89. The van der Waals surface area contributed by atoms with E-state index in [4.69, 9.17) is 5.11 Å². The van der Waals surface area contributed by atoms with Gasteiger partial charge in [-0.3, -0.25) is 14.4 Å². The zero-order chi connectivity index (χ0) is 19.4. The number of nitrogens with zero attached hydrogens (tertiary/aromatic N) is 1. The number of amides is 2. The summed E-state index contributed by atoms with van der Waals surface area (Å²) in [4.78, 5) is 37.5. The van der Waals surface area contributed by atoms with E-state index in [-0.39, 0.29) is 37.4 Å². The summed E-state index contributed by atoms with van der Waals surface area (Å²) in [6, 6.07) is 13.8. The van der Waals surface area contributed by atoms with E-state index in [0.29, 0.717) is 0 Å². The van der Waals surface area contributed by atoms with Crippen LogP contribution in [0.1, 0.15) is 25.3 Å². The molecule has 6 nitrogen and oxygen atoms in total. The third-order valence-corrected chi connectivity index (χ3v) is 4.87. The highest BCUT2D eigenvalue weighted by Crippen LogP contribution is 2.27. The van der Waals surface area contributed by atoms with E-state index in [2.05, 4.69) is 5.32 Å². The van der Waals surface area contributed by atoms with Gasteiger partial charge in [-0.25, -0.2) is 0 Å². The molecule has 0 saturated heterocycles. The van der Waals surface area contributed by atoms with Crippen LogP contribution in [-0.2, 0) is 20.8 Å². The van der Waals surface area contributed by atoms with Crippen LogP contribution in [0, 0.1) is 5.92 Å². The zero-order valence-electron chi connectivity index (χ0n) is 15.4. The van der Waals surface area contributed by atoms with Crippen molar-refractivity contribution in [3.8, 4) is 0 Å². The monoisotopic (exact) mass is 368 g/mol. The topological polar surface area (TPSA) is 86.7 Å². The summed E-state index contributed by atoms with van der Waals surface area (Å²) in [5, 5.41) is 13.9. The van der Waals surface area contributed by atoms with Crippen molar-refractivity contribution in [3.63, 3.8) is 0 Å². The molecule has 1 aliphatic rings. The highest BCUT2D eigenvalue weighted by atomic mass is 16.4. The fraction of sp³-hybridized carbons (Fsp3) is 0.381. The minimum Gasteiger partial charge on any atom is -0.481 e. The molecular formula is C21H24N2O4. The Morgan fingerprint density at radius 2 is 1.85 bits per heavy atom. The molecule has 1 fully saturated rings. The molecule has 1 aliphatic carbocycles. The molecule has 6 heteroatoms. The molecule has 2 amide bonds. The molecule has 2 N–H and O–H groups in total. The molecule has 142 valence electrons. The van der Waals surface area contributed by atoms with E-state index in [1.54, 1.807) is 11.8 Å². The lowest BCUT2D eigenvalue weighted by molar-refractivity contribution is -0.143. The number of aliphatic carboxylic acids is 1. The molecule has 1 unspecified atom stereocenters. The lowest BCUT2D eigenvalue weighted by Gasteiger charge is -2.24. The fourth-order valence-electron chi connectivity index (χ4n) is 3.17. The second-order valence-electron chi connectivity index (χ2n) is 7.11. The molecule has 0 aromatic heterocycles. The van der Waals surface area contributed by atoms with Gasteiger partial charge in [0.1, 0.15) is 0 Å². The number of nitrogens with one attached hydrogen (secondary N) is 1. The Morgan fingerprint density at radius 3 is 2.56 bits per heavy atom. The van der Waals surface area contributed by atoms with Crippen LogP contribution in [0.3, 0.4) is 0 Å². The smallest absolute Gasteiger partial charge is 0.308 e. The summed E-state index contributed by atoms with van der Waals surface area (Å²) in [6.45, 7) is 1.66. The maximum absolute atomic E-state index is 12.5. The van der Waals surface area contributed by atoms with Crippen LogP contribution in [-0.4, -0.2) is 46.9 Å². The summed E-state index contributed by atoms with van der Waals surface area (Å²) in [5.41, 5.74) is 0.914. The van der Waals surface area contributed by atoms with Crippen LogP contribution >= 0.6 is 0 Å². The van der Waals surface area contributed by atoms with Gasteiger partial charge < -0.3 is 15.3 Å². The summed E-state index contributed by atoms with van der Waals surface area (Å²) < 4.78 is 0. The predicted octanol–water partition coefficient (Wildman–Crippen LogP) is 2.21.